The van der Waals surface area contributed by atoms with E-state index in [1.165, 1.54) is 6.42 Å². The summed E-state index contributed by atoms with van der Waals surface area (Å²) in [5.41, 5.74) is 6.53. The van der Waals surface area contributed by atoms with Crippen LogP contribution in [0.4, 0.5) is 0 Å². The zero-order valence-corrected chi connectivity index (χ0v) is 13.2. The highest BCUT2D eigenvalue weighted by Gasteiger charge is 2.37. The second-order valence-corrected chi connectivity index (χ2v) is 6.44. The molecule has 0 spiro atoms. The molecule has 1 saturated carbocycles. The molecule has 2 N–H and O–H groups in total. The molecule has 0 radical (unpaired) electrons. The molecule has 0 heterocycles. The predicted molar refractivity (Wildman–Crippen MR) is 82.9 cm³/mol. The van der Waals surface area contributed by atoms with E-state index in [2.05, 4.69) is 0 Å². The van der Waals surface area contributed by atoms with Crippen LogP contribution in [0.5, 0.6) is 0 Å². The molecule has 2 rings (SSSR count). The normalized spacial score (nSPS) is 17.8. The van der Waals surface area contributed by atoms with Crippen molar-refractivity contribution in [2.24, 2.45) is 5.73 Å². The van der Waals surface area contributed by atoms with Crippen LogP contribution < -0.4 is 5.73 Å². The van der Waals surface area contributed by atoms with Crippen LogP contribution in [-0.2, 0) is 11.3 Å². The Morgan fingerprint density at radius 1 is 1.25 bits per heavy atom. The first kappa shape index (κ1) is 15.6. The third-order valence-corrected chi connectivity index (χ3v) is 4.66. The van der Waals surface area contributed by atoms with Gasteiger partial charge in [-0.3, -0.25) is 4.79 Å². The standard InChI is InChI=1S/C15H20Cl2N2O/c1-19(10-11-5-6-12(16)13(17)9-11)14(20)15(18)7-3-2-4-8-15/h5-6,9H,2-4,7-8,10,18H2,1H3. The number of benzene rings is 1. The number of hydrogen-bond acceptors (Lipinski definition) is 2. The van der Waals surface area contributed by atoms with Gasteiger partial charge in [-0.1, -0.05) is 48.5 Å². The van der Waals surface area contributed by atoms with Gasteiger partial charge in [-0.05, 0) is 30.5 Å². The number of rotatable bonds is 3. The van der Waals surface area contributed by atoms with Crippen LogP contribution in [0.1, 0.15) is 37.7 Å². The van der Waals surface area contributed by atoms with Gasteiger partial charge in [0.05, 0.1) is 15.6 Å². The van der Waals surface area contributed by atoms with Gasteiger partial charge in [0.2, 0.25) is 5.91 Å². The number of nitrogens with two attached hydrogens (primary N) is 1. The molecule has 5 heteroatoms. The van der Waals surface area contributed by atoms with Gasteiger partial charge in [0.25, 0.3) is 0 Å². The summed E-state index contributed by atoms with van der Waals surface area (Å²) in [6.45, 7) is 0.495. The fourth-order valence-electron chi connectivity index (χ4n) is 2.76. The van der Waals surface area contributed by atoms with Gasteiger partial charge in [-0.25, -0.2) is 0 Å². The Hall–Kier alpha value is -0.770. The smallest absolute Gasteiger partial charge is 0.242 e. The maximum atomic E-state index is 12.5. The Bertz CT molecular complexity index is 499. The van der Waals surface area contributed by atoms with Crippen molar-refractivity contribution < 1.29 is 4.79 Å². The molecule has 0 atom stereocenters. The van der Waals surface area contributed by atoms with E-state index in [0.717, 1.165) is 31.2 Å². The van der Waals surface area contributed by atoms with Crippen LogP contribution in [-0.4, -0.2) is 23.4 Å². The fraction of sp³-hybridized carbons (Fsp3) is 0.533. The van der Waals surface area contributed by atoms with Crippen LogP contribution in [0.25, 0.3) is 0 Å². The molecular weight excluding hydrogens is 295 g/mol. The van der Waals surface area contributed by atoms with Crippen molar-refractivity contribution in [1.82, 2.24) is 4.90 Å². The van der Waals surface area contributed by atoms with Crippen LogP contribution in [0.3, 0.4) is 0 Å². The monoisotopic (exact) mass is 314 g/mol. The number of hydrogen-bond donors (Lipinski definition) is 1. The molecule has 0 saturated heterocycles. The summed E-state index contributed by atoms with van der Waals surface area (Å²) >= 11 is 11.9. The maximum absolute atomic E-state index is 12.5. The van der Waals surface area contributed by atoms with E-state index in [0.29, 0.717) is 16.6 Å². The molecule has 1 fully saturated rings. The second-order valence-electron chi connectivity index (χ2n) is 5.63. The van der Waals surface area contributed by atoms with Crippen LogP contribution >= 0.6 is 23.2 Å². The molecular formula is C15H20Cl2N2O. The third-order valence-electron chi connectivity index (χ3n) is 3.92. The molecule has 1 aromatic carbocycles. The predicted octanol–water partition coefficient (Wildman–Crippen LogP) is 3.61. The Balaban J connectivity index is 2.05. The zero-order valence-electron chi connectivity index (χ0n) is 11.7. The molecule has 110 valence electrons. The summed E-state index contributed by atoms with van der Waals surface area (Å²) in [5.74, 6) is 0.0169. The second kappa shape index (κ2) is 6.33. The Morgan fingerprint density at radius 3 is 2.50 bits per heavy atom. The van der Waals surface area contributed by atoms with Gasteiger partial charge < -0.3 is 10.6 Å². The molecule has 3 nitrogen and oxygen atoms in total. The Morgan fingerprint density at radius 2 is 1.90 bits per heavy atom. The van der Waals surface area contributed by atoms with Gasteiger partial charge in [0.1, 0.15) is 0 Å². The number of halogens is 2. The molecule has 0 bridgehead atoms. The lowest BCUT2D eigenvalue weighted by Crippen LogP contribution is -2.55. The van der Waals surface area contributed by atoms with E-state index in [4.69, 9.17) is 28.9 Å². The number of carbonyl (C=O) groups excluding carboxylic acids is 1. The SMILES string of the molecule is CN(Cc1ccc(Cl)c(Cl)c1)C(=O)C1(N)CCCCC1. The molecule has 0 aliphatic heterocycles. The van der Waals surface area contributed by atoms with E-state index in [1.807, 2.05) is 6.07 Å². The number of amides is 1. The number of carbonyl (C=O) groups is 1. The molecule has 20 heavy (non-hydrogen) atoms. The first-order valence-corrected chi connectivity index (χ1v) is 7.66. The summed E-state index contributed by atoms with van der Waals surface area (Å²) in [6, 6.07) is 5.41. The molecule has 1 aliphatic rings. The fourth-order valence-corrected chi connectivity index (χ4v) is 3.08. The molecule has 1 aliphatic carbocycles. The van der Waals surface area contributed by atoms with E-state index in [1.54, 1.807) is 24.1 Å². The zero-order chi connectivity index (χ0) is 14.8. The van der Waals surface area contributed by atoms with Crippen molar-refractivity contribution in [3.05, 3.63) is 33.8 Å². The third kappa shape index (κ3) is 3.46. The first-order chi connectivity index (χ1) is 9.42. The summed E-state index contributed by atoms with van der Waals surface area (Å²) < 4.78 is 0. The first-order valence-electron chi connectivity index (χ1n) is 6.91. The summed E-state index contributed by atoms with van der Waals surface area (Å²) in [5, 5.41) is 1.03. The highest BCUT2D eigenvalue weighted by Crippen LogP contribution is 2.28. The number of nitrogens with zero attached hydrogens (tertiary/aromatic N) is 1. The lowest BCUT2D eigenvalue weighted by atomic mass is 9.81. The molecule has 1 amide bonds. The van der Waals surface area contributed by atoms with Crippen LogP contribution in [0, 0.1) is 0 Å². The van der Waals surface area contributed by atoms with Gasteiger partial charge in [-0.2, -0.15) is 0 Å². The minimum absolute atomic E-state index is 0.0169. The lowest BCUT2D eigenvalue weighted by molar-refractivity contribution is -0.137. The summed E-state index contributed by atoms with van der Waals surface area (Å²) in [4.78, 5) is 14.2. The Kier molecular flexibility index (Phi) is 4.95. The largest absolute Gasteiger partial charge is 0.340 e. The van der Waals surface area contributed by atoms with Crippen molar-refractivity contribution in [1.29, 1.82) is 0 Å². The molecule has 1 aromatic rings. The van der Waals surface area contributed by atoms with E-state index in [-0.39, 0.29) is 5.91 Å². The van der Waals surface area contributed by atoms with Crippen LogP contribution in [0.2, 0.25) is 10.0 Å². The van der Waals surface area contributed by atoms with Gasteiger partial charge in [0.15, 0.2) is 0 Å². The van der Waals surface area contributed by atoms with Gasteiger partial charge in [-0.15, -0.1) is 0 Å². The Labute approximate surface area is 130 Å². The van der Waals surface area contributed by atoms with Crippen molar-refractivity contribution in [2.45, 2.75) is 44.2 Å². The van der Waals surface area contributed by atoms with Gasteiger partial charge in [0, 0.05) is 13.6 Å². The highest BCUT2D eigenvalue weighted by atomic mass is 35.5. The van der Waals surface area contributed by atoms with E-state index < -0.39 is 5.54 Å². The quantitative estimate of drug-likeness (QED) is 0.926. The summed E-state index contributed by atoms with van der Waals surface area (Å²) in [6.07, 6.45) is 4.78. The van der Waals surface area contributed by atoms with Crippen molar-refractivity contribution in [3.63, 3.8) is 0 Å². The highest BCUT2D eigenvalue weighted by molar-refractivity contribution is 6.42. The lowest BCUT2D eigenvalue weighted by Gasteiger charge is -2.35. The number of likely N-dealkylation sites (N-methyl/N-ethyl adjacent to an activating group) is 1. The minimum Gasteiger partial charge on any atom is -0.340 e. The van der Waals surface area contributed by atoms with Gasteiger partial charge >= 0.3 is 0 Å². The molecule has 0 unspecified atom stereocenters. The molecule has 0 aromatic heterocycles. The average molecular weight is 315 g/mol. The van der Waals surface area contributed by atoms with E-state index in [9.17, 15) is 4.79 Å². The average Bonchev–Trinajstić information content (AvgIpc) is 2.43. The van der Waals surface area contributed by atoms with Crippen molar-refractivity contribution >= 4 is 29.1 Å². The van der Waals surface area contributed by atoms with Crippen molar-refractivity contribution in [3.8, 4) is 0 Å². The summed E-state index contributed by atoms with van der Waals surface area (Å²) in [7, 11) is 1.79. The van der Waals surface area contributed by atoms with E-state index >= 15 is 0 Å². The van der Waals surface area contributed by atoms with Crippen LogP contribution in [0.15, 0.2) is 18.2 Å². The van der Waals surface area contributed by atoms with Crippen molar-refractivity contribution in [2.75, 3.05) is 7.05 Å². The minimum atomic E-state index is -0.691. The maximum Gasteiger partial charge on any atom is 0.242 e. The topological polar surface area (TPSA) is 46.3 Å².